The van der Waals surface area contributed by atoms with Crippen LogP contribution in [0.4, 0.5) is 0 Å². The van der Waals surface area contributed by atoms with Crippen molar-refractivity contribution < 1.29 is 9.53 Å². The minimum atomic E-state index is -0.411. The Bertz CT molecular complexity index is 345. The summed E-state index contributed by atoms with van der Waals surface area (Å²) >= 11 is 1.60. The van der Waals surface area contributed by atoms with Crippen molar-refractivity contribution in [2.45, 2.75) is 11.6 Å². The molecule has 1 aromatic carbocycles. The molecule has 2 atom stereocenters. The number of carbonyl (C=O) groups is 1. The fourth-order valence-electron chi connectivity index (χ4n) is 1.10. The Kier molecular flexibility index (Phi) is 3.96. The van der Waals surface area contributed by atoms with Crippen LogP contribution in [-0.4, -0.2) is 22.8 Å². The molecule has 2 unspecified atom stereocenters. The van der Waals surface area contributed by atoms with Gasteiger partial charge in [0, 0.05) is 0 Å². The average Bonchev–Trinajstić information content (AvgIpc) is 2.18. The van der Waals surface area contributed by atoms with E-state index < -0.39 is 5.97 Å². The van der Waals surface area contributed by atoms with E-state index in [1.54, 1.807) is 22.9 Å². The van der Waals surface area contributed by atoms with Gasteiger partial charge in [-0.1, -0.05) is 0 Å². The SMILES string of the molecule is C=CC(=O)Oc1ccccc1C(C)[AsH2]. The van der Waals surface area contributed by atoms with Gasteiger partial charge in [0.2, 0.25) is 0 Å². The second kappa shape index (κ2) is 5.02. The molecule has 0 aliphatic rings. The van der Waals surface area contributed by atoms with Crippen molar-refractivity contribution in [3.05, 3.63) is 42.5 Å². The molecule has 0 heterocycles. The Morgan fingerprint density at radius 1 is 1.57 bits per heavy atom. The molecule has 0 bridgehead atoms. The van der Waals surface area contributed by atoms with Gasteiger partial charge < -0.3 is 0 Å². The van der Waals surface area contributed by atoms with E-state index in [1.165, 1.54) is 6.08 Å². The second-order valence-electron chi connectivity index (χ2n) is 2.95. The van der Waals surface area contributed by atoms with E-state index in [0.29, 0.717) is 10.5 Å². The number of ether oxygens (including phenoxy) is 1. The number of hydrogen-bond donors (Lipinski definition) is 0. The van der Waals surface area contributed by atoms with Crippen LogP contribution in [0.5, 0.6) is 5.75 Å². The van der Waals surface area contributed by atoms with Crippen molar-refractivity contribution in [1.82, 2.24) is 0 Å². The van der Waals surface area contributed by atoms with Crippen LogP contribution in [0, 0.1) is 0 Å². The van der Waals surface area contributed by atoms with Crippen LogP contribution < -0.4 is 4.74 Å². The second-order valence-corrected chi connectivity index (χ2v) is 5.05. The van der Waals surface area contributed by atoms with E-state index >= 15 is 0 Å². The van der Waals surface area contributed by atoms with Gasteiger partial charge in [-0.3, -0.25) is 0 Å². The molecule has 0 radical (unpaired) electrons. The van der Waals surface area contributed by atoms with E-state index in [9.17, 15) is 4.79 Å². The zero-order valence-electron chi connectivity index (χ0n) is 8.07. The summed E-state index contributed by atoms with van der Waals surface area (Å²) in [5.41, 5.74) is 1.06. The van der Waals surface area contributed by atoms with Crippen molar-refractivity contribution in [2.24, 2.45) is 0 Å². The predicted molar refractivity (Wildman–Crippen MR) is 59.2 cm³/mol. The van der Waals surface area contributed by atoms with Crippen molar-refractivity contribution >= 4 is 22.8 Å². The maximum absolute atomic E-state index is 11.0. The van der Waals surface area contributed by atoms with Crippen LogP contribution in [0.1, 0.15) is 17.2 Å². The Hall–Kier alpha value is -1.01. The first-order valence-corrected chi connectivity index (χ1v) is 5.73. The molecule has 1 aromatic rings. The van der Waals surface area contributed by atoms with Crippen LogP contribution in [0.25, 0.3) is 0 Å². The zero-order chi connectivity index (χ0) is 10.6. The fraction of sp³-hybridized carbons (Fsp3) is 0.182. The maximum atomic E-state index is 11.0. The van der Waals surface area contributed by atoms with Crippen LogP contribution in [0.3, 0.4) is 0 Å². The Labute approximate surface area is 92.5 Å². The molecule has 3 heteroatoms. The third-order valence-electron chi connectivity index (χ3n) is 1.79. The first-order valence-electron chi connectivity index (χ1n) is 4.34. The predicted octanol–water partition coefficient (Wildman–Crippen LogP) is 1.47. The third kappa shape index (κ3) is 2.74. The normalized spacial score (nSPS) is 11.9. The zero-order valence-corrected chi connectivity index (χ0v) is 10.5. The van der Waals surface area contributed by atoms with Gasteiger partial charge in [-0.25, -0.2) is 0 Å². The van der Waals surface area contributed by atoms with Gasteiger partial charge in [0.1, 0.15) is 0 Å². The Morgan fingerprint density at radius 2 is 2.21 bits per heavy atom. The van der Waals surface area contributed by atoms with Gasteiger partial charge in [-0.15, -0.1) is 0 Å². The van der Waals surface area contributed by atoms with Gasteiger partial charge in [0.15, 0.2) is 0 Å². The molecule has 2 nitrogen and oxygen atoms in total. The van der Waals surface area contributed by atoms with Gasteiger partial charge in [-0.2, -0.15) is 0 Å². The number of rotatable bonds is 3. The molecule has 0 aliphatic heterocycles. The standard InChI is InChI=1S/C11H13AsO2/c1-3-11(13)14-10-7-5-4-6-9(10)8(2)12/h3-8H,1,12H2,2H3. The number of benzene rings is 1. The van der Waals surface area contributed by atoms with Crippen molar-refractivity contribution in [2.75, 3.05) is 0 Å². The molecule has 0 fully saturated rings. The monoisotopic (exact) mass is 252 g/mol. The Morgan fingerprint density at radius 3 is 2.79 bits per heavy atom. The minimum absolute atomic E-state index is 0.399. The molecule has 0 saturated carbocycles. The van der Waals surface area contributed by atoms with Gasteiger partial charge in [0.05, 0.1) is 0 Å². The van der Waals surface area contributed by atoms with Crippen molar-refractivity contribution in [3.63, 3.8) is 0 Å². The van der Waals surface area contributed by atoms with Gasteiger partial charge in [-0.05, 0) is 0 Å². The fourth-order valence-corrected chi connectivity index (χ4v) is 1.68. The van der Waals surface area contributed by atoms with E-state index in [1.807, 2.05) is 18.2 Å². The quantitative estimate of drug-likeness (QED) is 0.352. The summed E-state index contributed by atoms with van der Waals surface area (Å²) in [5, 5.41) is 0. The molecule has 0 spiro atoms. The van der Waals surface area contributed by atoms with Crippen molar-refractivity contribution in [1.29, 1.82) is 0 Å². The molecule has 0 saturated heterocycles. The molecular formula is C11H13AsO2. The summed E-state index contributed by atoms with van der Waals surface area (Å²) in [6, 6.07) is 7.56. The van der Waals surface area contributed by atoms with Crippen molar-refractivity contribution in [3.8, 4) is 5.75 Å². The molecule has 0 aliphatic carbocycles. The summed E-state index contributed by atoms with van der Waals surface area (Å²) in [6.07, 6.45) is 1.17. The van der Waals surface area contributed by atoms with Crippen LogP contribution in [-0.2, 0) is 4.79 Å². The number of carbonyl (C=O) groups excluding carboxylic acids is 1. The van der Waals surface area contributed by atoms with Gasteiger partial charge >= 0.3 is 92.2 Å². The van der Waals surface area contributed by atoms with E-state index in [-0.39, 0.29) is 0 Å². The summed E-state index contributed by atoms with van der Waals surface area (Å²) in [6.45, 7) is 5.44. The van der Waals surface area contributed by atoms with Crippen LogP contribution in [0.2, 0.25) is 0 Å². The molecule has 0 N–H and O–H groups in total. The molecule has 14 heavy (non-hydrogen) atoms. The Balaban J connectivity index is 2.95. The van der Waals surface area contributed by atoms with E-state index in [4.69, 9.17) is 4.74 Å². The van der Waals surface area contributed by atoms with E-state index in [0.717, 1.165) is 5.56 Å². The molecule has 0 amide bonds. The molecule has 0 aromatic heterocycles. The topological polar surface area (TPSA) is 26.3 Å². The van der Waals surface area contributed by atoms with E-state index in [2.05, 4.69) is 13.5 Å². The number of para-hydroxylation sites is 1. The summed E-state index contributed by atoms with van der Waals surface area (Å²) in [5.74, 6) is 0.222. The summed E-state index contributed by atoms with van der Waals surface area (Å²) in [4.78, 5) is 11.0. The van der Waals surface area contributed by atoms with Crippen LogP contribution >= 0.6 is 0 Å². The first-order chi connectivity index (χ1) is 6.65. The molecule has 1 rings (SSSR count). The molecule has 74 valence electrons. The van der Waals surface area contributed by atoms with Crippen LogP contribution in [0.15, 0.2) is 36.9 Å². The molecular weight excluding hydrogens is 239 g/mol. The number of hydrogen-bond acceptors (Lipinski definition) is 2. The summed E-state index contributed by atoms with van der Waals surface area (Å²) in [7, 11) is 0. The first kappa shape index (κ1) is 11.1. The van der Waals surface area contributed by atoms with Gasteiger partial charge in [0.25, 0.3) is 0 Å². The average molecular weight is 252 g/mol. The third-order valence-corrected chi connectivity index (χ3v) is 2.54. The summed E-state index contributed by atoms with van der Waals surface area (Å²) < 4.78 is 5.51. The number of esters is 1.